The van der Waals surface area contributed by atoms with E-state index in [-0.39, 0.29) is 23.5 Å². The lowest BCUT2D eigenvalue weighted by atomic mass is 10.1. The van der Waals surface area contributed by atoms with Gasteiger partial charge in [0.25, 0.3) is 0 Å². The summed E-state index contributed by atoms with van der Waals surface area (Å²) in [6.45, 7) is 1.02. The number of rotatable bonds is 5. The standard InChI is InChI=1S/C18H22FN3O3S/c1-26(24,25)17-7-10-21(11-8-17)18(23)13-22-16(6-9-20-22)12-14-2-4-15(19)5-3-14/h2-6,9,17H,7-8,10-13H2,1H3. The molecule has 2 heterocycles. The molecule has 1 aromatic carbocycles. The topological polar surface area (TPSA) is 72.3 Å². The summed E-state index contributed by atoms with van der Waals surface area (Å²) < 4.78 is 37.9. The maximum atomic E-state index is 13.0. The summed E-state index contributed by atoms with van der Waals surface area (Å²) in [5, 5.41) is 3.86. The molecule has 0 unspecified atom stereocenters. The van der Waals surface area contributed by atoms with Crippen molar-refractivity contribution in [2.45, 2.75) is 31.1 Å². The number of amides is 1. The van der Waals surface area contributed by atoms with Crippen molar-refractivity contribution < 1.29 is 17.6 Å². The molecule has 26 heavy (non-hydrogen) atoms. The number of nitrogens with zero attached hydrogens (tertiary/aromatic N) is 3. The molecular weight excluding hydrogens is 357 g/mol. The molecule has 1 aromatic heterocycles. The summed E-state index contributed by atoms with van der Waals surface area (Å²) in [5.74, 6) is -0.351. The van der Waals surface area contributed by atoms with E-state index in [0.29, 0.717) is 32.4 Å². The van der Waals surface area contributed by atoms with Gasteiger partial charge in [-0.05, 0) is 36.6 Å². The van der Waals surface area contributed by atoms with Crippen molar-refractivity contribution in [3.8, 4) is 0 Å². The number of benzene rings is 1. The second-order valence-corrected chi connectivity index (χ2v) is 9.02. The number of hydrogen-bond donors (Lipinski definition) is 0. The fraction of sp³-hybridized carbons (Fsp3) is 0.444. The van der Waals surface area contributed by atoms with Gasteiger partial charge in [0.05, 0.1) is 5.25 Å². The van der Waals surface area contributed by atoms with Crippen molar-refractivity contribution in [1.82, 2.24) is 14.7 Å². The summed E-state index contributed by atoms with van der Waals surface area (Å²) >= 11 is 0. The minimum Gasteiger partial charge on any atom is -0.341 e. The lowest BCUT2D eigenvalue weighted by Gasteiger charge is -2.31. The van der Waals surface area contributed by atoms with Crippen LogP contribution >= 0.6 is 0 Å². The van der Waals surface area contributed by atoms with Crippen molar-refractivity contribution in [2.24, 2.45) is 0 Å². The summed E-state index contributed by atoms with van der Waals surface area (Å²) in [6, 6.07) is 8.09. The van der Waals surface area contributed by atoms with Gasteiger partial charge >= 0.3 is 0 Å². The first-order valence-corrected chi connectivity index (χ1v) is 10.5. The van der Waals surface area contributed by atoms with E-state index in [9.17, 15) is 17.6 Å². The van der Waals surface area contributed by atoms with E-state index in [1.54, 1.807) is 27.9 Å². The quantitative estimate of drug-likeness (QED) is 0.792. The minimum absolute atomic E-state index is 0.0685. The Morgan fingerprint density at radius 3 is 2.46 bits per heavy atom. The average Bonchev–Trinajstić information content (AvgIpc) is 3.03. The molecule has 0 saturated carbocycles. The van der Waals surface area contributed by atoms with Crippen LogP contribution in [0.5, 0.6) is 0 Å². The lowest BCUT2D eigenvalue weighted by Crippen LogP contribution is -2.43. The number of piperidine rings is 1. The highest BCUT2D eigenvalue weighted by molar-refractivity contribution is 7.91. The van der Waals surface area contributed by atoms with Crippen molar-refractivity contribution in [2.75, 3.05) is 19.3 Å². The van der Waals surface area contributed by atoms with E-state index in [1.807, 2.05) is 6.07 Å². The third kappa shape index (κ3) is 4.49. The Morgan fingerprint density at radius 1 is 1.19 bits per heavy atom. The van der Waals surface area contributed by atoms with E-state index >= 15 is 0 Å². The molecule has 0 aliphatic carbocycles. The molecule has 1 amide bonds. The van der Waals surface area contributed by atoms with Crippen molar-refractivity contribution in [1.29, 1.82) is 0 Å². The second kappa shape index (κ2) is 7.57. The molecule has 6 nitrogen and oxygen atoms in total. The molecule has 1 aliphatic heterocycles. The Hall–Kier alpha value is -2.22. The second-order valence-electron chi connectivity index (χ2n) is 6.69. The molecule has 3 rings (SSSR count). The Kier molecular flexibility index (Phi) is 5.41. The molecule has 0 bridgehead atoms. The zero-order valence-electron chi connectivity index (χ0n) is 14.6. The Balaban J connectivity index is 1.60. The molecule has 0 N–H and O–H groups in total. The highest BCUT2D eigenvalue weighted by atomic mass is 32.2. The third-order valence-electron chi connectivity index (χ3n) is 4.79. The van der Waals surface area contributed by atoms with E-state index in [4.69, 9.17) is 0 Å². The normalized spacial score (nSPS) is 16.0. The van der Waals surface area contributed by atoms with Crippen LogP contribution in [0.2, 0.25) is 0 Å². The highest BCUT2D eigenvalue weighted by Gasteiger charge is 2.28. The zero-order valence-corrected chi connectivity index (χ0v) is 15.5. The first-order valence-electron chi connectivity index (χ1n) is 8.55. The summed E-state index contributed by atoms with van der Waals surface area (Å²) in [6.07, 6.45) is 4.41. The van der Waals surface area contributed by atoms with Gasteiger partial charge in [-0.3, -0.25) is 9.48 Å². The van der Waals surface area contributed by atoms with E-state index < -0.39 is 9.84 Å². The van der Waals surface area contributed by atoms with Gasteiger partial charge in [0, 0.05) is 37.7 Å². The van der Waals surface area contributed by atoms with Crippen LogP contribution in [0.3, 0.4) is 0 Å². The minimum atomic E-state index is -3.05. The summed E-state index contributed by atoms with van der Waals surface area (Å²) in [7, 11) is -3.05. The number of halogens is 1. The number of sulfone groups is 1. The van der Waals surface area contributed by atoms with Crippen LogP contribution in [-0.2, 0) is 27.6 Å². The Bertz CT molecular complexity index is 869. The van der Waals surface area contributed by atoms with Gasteiger partial charge < -0.3 is 4.90 Å². The predicted octanol–water partition coefficient (Wildman–Crippen LogP) is 1.65. The predicted molar refractivity (Wildman–Crippen MR) is 95.9 cm³/mol. The molecule has 8 heteroatoms. The SMILES string of the molecule is CS(=O)(=O)C1CCN(C(=O)Cn2nccc2Cc2ccc(F)cc2)CC1. The number of aromatic nitrogens is 2. The van der Waals surface area contributed by atoms with E-state index in [1.165, 1.54) is 18.4 Å². The number of carbonyl (C=O) groups excluding carboxylic acids is 1. The third-order valence-corrected chi connectivity index (χ3v) is 6.47. The molecule has 0 radical (unpaired) electrons. The molecule has 1 saturated heterocycles. The molecule has 0 spiro atoms. The van der Waals surface area contributed by atoms with Crippen molar-refractivity contribution >= 4 is 15.7 Å². The first kappa shape index (κ1) is 18.6. The van der Waals surface area contributed by atoms with Crippen LogP contribution in [0.25, 0.3) is 0 Å². The smallest absolute Gasteiger partial charge is 0.244 e. The van der Waals surface area contributed by atoms with Crippen LogP contribution in [0.1, 0.15) is 24.1 Å². The monoisotopic (exact) mass is 379 g/mol. The van der Waals surface area contributed by atoms with Crippen LogP contribution < -0.4 is 0 Å². The highest BCUT2D eigenvalue weighted by Crippen LogP contribution is 2.18. The summed E-state index contributed by atoms with van der Waals surface area (Å²) in [4.78, 5) is 14.2. The number of carbonyl (C=O) groups is 1. The van der Waals surface area contributed by atoms with Crippen LogP contribution in [-0.4, -0.2) is 53.6 Å². The van der Waals surface area contributed by atoms with E-state index in [0.717, 1.165) is 11.3 Å². The van der Waals surface area contributed by atoms with Gasteiger partial charge in [0.1, 0.15) is 22.2 Å². The van der Waals surface area contributed by atoms with Crippen LogP contribution in [0.4, 0.5) is 4.39 Å². The van der Waals surface area contributed by atoms with Gasteiger partial charge in [-0.25, -0.2) is 12.8 Å². The fourth-order valence-corrected chi connectivity index (χ4v) is 4.29. The Morgan fingerprint density at radius 2 is 1.85 bits per heavy atom. The number of hydrogen-bond acceptors (Lipinski definition) is 4. The van der Waals surface area contributed by atoms with E-state index in [2.05, 4.69) is 5.10 Å². The molecule has 1 fully saturated rings. The zero-order chi connectivity index (χ0) is 18.7. The van der Waals surface area contributed by atoms with Gasteiger partial charge in [-0.2, -0.15) is 5.10 Å². The van der Waals surface area contributed by atoms with Gasteiger partial charge in [-0.15, -0.1) is 0 Å². The van der Waals surface area contributed by atoms with Crippen molar-refractivity contribution in [3.63, 3.8) is 0 Å². The van der Waals surface area contributed by atoms with Crippen LogP contribution in [0, 0.1) is 5.82 Å². The molecule has 140 valence electrons. The molecular formula is C18H22FN3O3S. The molecule has 1 aliphatic rings. The lowest BCUT2D eigenvalue weighted by molar-refractivity contribution is -0.132. The average molecular weight is 379 g/mol. The van der Waals surface area contributed by atoms with Gasteiger partial charge in [-0.1, -0.05) is 12.1 Å². The maximum Gasteiger partial charge on any atom is 0.244 e. The number of likely N-dealkylation sites (tertiary alicyclic amines) is 1. The van der Waals surface area contributed by atoms with Gasteiger partial charge in [0.15, 0.2) is 0 Å². The molecule has 2 aromatic rings. The van der Waals surface area contributed by atoms with Crippen LogP contribution in [0.15, 0.2) is 36.5 Å². The Labute approximate surface area is 152 Å². The molecule has 0 atom stereocenters. The summed E-state index contributed by atoms with van der Waals surface area (Å²) in [5.41, 5.74) is 1.81. The van der Waals surface area contributed by atoms with Gasteiger partial charge in [0.2, 0.25) is 5.91 Å². The first-order chi connectivity index (χ1) is 12.3. The maximum absolute atomic E-state index is 13.0. The van der Waals surface area contributed by atoms with Crippen molar-refractivity contribution in [3.05, 3.63) is 53.6 Å². The fourth-order valence-electron chi connectivity index (χ4n) is 3.23. The largest absolute Gasteiger partial charge is 0.341 e.